The molecule has 0 saturated carbocycles. The smallest absolute Gasteiger partial charge is 0.251 e. The molecule has 0 heterocycles. The summed E-state index contributed by atoms with van der Waals surface area (Å²) in [6.07, 6.45) is 0. The number of amides is 1. The third-order valence-electron chi connectivity index (χ3n) is 2.11. The van der Waals surface area contributed by atoms with E-state index in [-0.39, 0.29) is 11.7 Å². The Balaban J connectivity index is 2.23. The van der Waals surface area contributed by atoms with Gasteiger partial charge < -0.3 is 15.2 Å². The van der Waals surface area contributed by atoms with Crippen LogP contribution in [-0.4, -0.2) is 30.8 Å². The van der Waals surface area contributed by atoms with Gasteiger partial charge in [-0.15, -0.1) is 0 Å². The maximum atomic E-state index is 11.6. The van der Waals surface area contributed by atoms with Gasteiger partial charge in [-0.1, -0.05) is 13.8 Å². The minimum Gasteiger partial charge on any atom is -0.508 e. The highest BCUT2D eigenvalue weighted by Crippen LogP contribution is 2.09. The molecule has 0 radical (unpaired) electrons. The number of hydrogen-bond donors (Lipinski definition) is 2. The largest absolute Gasteiger partial charge is 0.508 e. The molecule has 0 spiro atoms. The third kappa shape index (κ3) is 5.36. The molecule has 0 fully saturated rings. The van der Waals surface area contributed by atoms with E-state index in [1.54, 1.807) is 12.1 Å². The summed E-state index contributed by atoms with van der Waals surface area (Å²) in [5, 5.41) is 11.8. The van der Waals surface area contributed by atoms with E-state index in [9.17, 15) is 4.79 Å². The third-order valence-corrected chi connectivity index (χ3v) is 2.11. The molecule has 0 aliphatic heterocycles. The van der Waals surface area contributed by atoms with E-state index in [4.69, 9.17) is 9.84 Å². The Morgan fingerprint density at radius 3 is 2.59 bits per heavy atom. The molecule has 4 heteroatoms. The van der Waals surface area contributed by atoms with Crippen molar-refractivity contribution in [2.24, 2.45) is 5.92 Å². The fourth-order valence-electron chi connectivity index (χ4n) is 1.27. The highest BCUT2D eigenvalue weighted by molar-refractivity contribution is 5.94. The number of aromatic hydroxyl groups is 1. The van der Waals surface area contributed by atoms with E-state index in [1.807, 2.05) is 0 Å². The van der Waals surface area contributed by atoms with Crippen LogP contribution in [0.2, 0.25) is 0 Å². The van der Waals surface area contributed by atoms with Crippen LogP contribution >= 0.6 is 0 Å². The minimum atomic E-state index is -0.154. The molecule has 0 saturated heterocycles. The first kappa shape index (κ1) is 13.5. The minimum absolute atomic E-state index is 0.154. The SMILES string of the molecule is CC(C)COCCNC(=O)c1ccc(O)cc1. The number of phenols is 1. The molecule has 0 bridgehead atoms. The molecule has 0 aliphatic carbocycles. The highest BCUT2D eigenvalue weighted by Gasteiger charge is 2.04. The Hall–Kier alpha value is -1.55. The van der Waals surface area contributed by atoms with Crippen LogP contribution in [0.4, 0.5) is 0 Å². The van der Waals surface area contributed by atoms with Crippen LogP contribution in [0.1, 0.15) is 24.2 Å². The highest BCUT2D eigenvalue weighted by atomic mass is 16.5. The first-order valence-corrected chi connectivity index (χ1v) is 5.74. The van der Waals surface area contributed by atoms with E-state index >= 15 is 0 Å². The fraction of sp³-hybridized carbons (Fsp3) is 0.462. The number of benzene rings is 1. The lowest BCUT2D eigenvalue weighted by Gasteiger charge is -2.08. The molecule has 94 valence electrons. The Bertz CT molecular complexity index is 346. The Labute approximate surface area is 102 Å². The van der Waals surface area contributed by atoms with Crippen molar-refractivity contribution in [1.82, 2.24) is 5.32 Å². The normalized spacial score (nSPS) is 10.5. The van der Waals surface area contributed by atoms with Crippen molar-refractivity contribution in [1.29, 1.82) is 0 Å². The summed E-state index contributed by atoms with van der Waals surface area (Å²) >= 11 is 0. The predicted octanol–water partition coefficient (Wildman–Crippen LogP) is 1.79. The number of ether oxygens (including phenoxy) is 1. The zero-order valence-corrected chi connectivity index (χ0v) is 10.3. The Morgan fingerprint density at radius 2 is 2.00 bits per heavy atom. The quantitative estimate of drug-likeness (QED) is 0.742. The van der Waals surface area contributed by atoms with Gasteiger partial charge in [-0.3, -0.25) is 4.79 Å². The lowest BCUT2D eigenvalue weighted by Crippen LogP contribution is -2.27. The van der Waals surface area contributed by atoms with Crippen molar-refractivity contribution in [3.8, 4) is 5.75 Å². The van der Waals surface area contributed by atoms with Gasteiger partial charge in [0, 0.05) is 18.7 Å². The van der Waals surface area contributed by atoms with Crippen LogP contribution in [0.25, 0.3) is 0 Å². The first-order valence-electron chi connectivity index (χ1n) is 5.74. The van der Waals surface area contributed by atoms with Crippen molar-refractivity contribution in [3.05, 3.63) is 29.8 Å². The van der Waals surface area contributed by atoms with Gasteiger partial charge in [-0.05, 0) is 30.2 Å². The van der Waals surface area contributed by atoms with Gasteiger partial charge in [0.1, 0.15) is 5.75 Å². The van der Waals surface area contributed by atoms with Gasteiger partial charge in [-0.2, -0.15) is 0 Å². The molecule has 0 aliphatic rings. The average Bonchev–Trinajstić information content (AvgIpc) is 2.29. The van der Waals surface area contributed by atoms with Gasteiger partial charge >= 0.3 is 0 Å². The van der Waals surface area contributed by atoms with Gasteiger partial charge in [0.2, 0.25) is 0 Å². The molecule has 1 amide bonds. The Kier molecular flexibility index (Phi) is 5.49. The van der Waals surface area contributed by atoms with E-state index in [0.717, 1.165) is 0 Å². The molecule has 0 atom stereocenters. The summed E-state index contributed by atoms with van der Waals surface area (Å²) < 4.78 is 5.35. The van der Waals surface area contributed by atoms with Crippen LogP contribution in [-0.2, 0) is 4.74 Å². The summed E-state index contributed by atoms with van der Waals surface area (Å²) in [4.78, 5) is 11.6. The van der Waals surface area contributed by atoms with Crippen LogP contribution in [0.15, 0.2) is 24.3 Å². The van der Waals surface area contributed by atoms with E-state index in [0.29, 0.717) is 31.2 Å². The average molecular weight is 237 g/mol. The molecule has 1 aromatic carbocycles. The van der Waals surface area contributed by atoms with Crippen LogP contribution < -0.4 is 5.32 Å². The standard InChI is InChI=1S/C13H19NO3/c1-10(2)9-17-8-7-14-13(16)11-3-5-12(15)6-4-11/h3-6,10,15H,7-9H2,1-2H3,(H,14,16). The van der Waals surface area contributed by atoms with Gasteiger partial charge in [-0.25, -0.2) is 0 Å². The monoisotopic (exact) mass is 237 g/mol. The summed E-state index contributed by atoms with van der Waals surface area (Å²) in [6, 6.07) is 6.15. The van der Waals surface area contributed by atoms with Crippen LogP contribution in [0.5, 0.6) is 5.75 Å². The molecule has 4 nitrogen and oxygen atoms in total. The summed E-state index contributed by atoms with van der Waals surface area (Å²) in [7, 11) is 0. The number of carbonyl (C=O) groups is 1. The van der Waals surface area contributed by atoms with E-state index in [1.165, 1.54) is 12.1 Å². The molecule has 17 heavy (non-hydrogen) atoms. The zero-order chi connectivity index (χ0) is 12.7. The maximum Gasteiger partial charge on any atom is 0.251 e. The lowest BCUT2D eigenvalue weighted by atomic mass is 10.2. The number of hydrogen-bond acceptors (Lipinski definition) is 3. The second kappa shape index (κ2) is 6.91. The van der Waals surface area contributed by atoms with Gasteiger partial charge in [0.15, 0.2) is 0 Å². The topological polar surface area (TPSA) is 58.6 Å². The fourth-order valence-corrected chi connectivity index (χ4v) is 1.27. The van der Waals surface area contributed by atoms with Crippen molar-refractivity contribution in [2.75, 3.05) is 19.8 Å². The summed E-state index contributed by atoms with van der Waals surface area (Å²) in [6.45, 7) is 5.87. The van der Waals surface area contributed by atoms with Crippen molar-refractivity contribution >= 4 is 5.91 Å². The molecule has 0 unspecified atom stereocenters. The van der Waals surface area contributed by atoms with Crippen molar-refractivity contribution < 1.29 is 14.6 Å². The second-order valence-corrected chi connectivity index (χ2v) is 4.27. The second-order valence-electron chi connectivity index (χ2n) is 4.27. The zero-order valence-electron chi connectivity index (χ0n) is 10.3. The summed E-state index contributed by atoms with van der Waals surface area (Å²) in [5.41, 5.74) is 0.534. The number of carbonyl (C=O) groups excluding carboxylic acids is 1. The van der Waals surface area contributed by atoms with E-state index < -0.39 is 0 Å². The predicted molar refractivity (Wildman–Crippen MR) is 66.1 cm³/mol. The number of rotatable bonds is 6. The van der Waals surface area contributed by atoms with E-state index in [2.05, 4.69) is 19.2 Å². The van der Waals surface area contributed by atoms with Crippen molar-refractivity contribution in [2.45, 2.75) is 13.8 Å². The maximum absolute atomic E-state index is 11.6. The first-order chi connectivity index (χ1) is 8.09. The Morgan fingerprint density at radius 1 is 1.35 bits per heavy atom. The van der Waals surface area contributed by atoms with Gasteiger partial charge in [0.05, 0.1) is 6.61 Å². The summed E-state index contributed by atoms with van der Waals surface area (Å²) in [5.74, 6) is 0.503. The molecule has 2 N–H and O–H groups in total. The molecular formula is C13H19NO3. The number of nitrogens with one attached hydrogen (secondary N) is 1. The number of phenolic OH excluding ortho intramolecular Hbond substituents is 1. The van der Waals surface area contributed by atoms with Crippen LogP contribution in [0.3, 0.4) is 0 Å². The van der Waals surface area contributed by atoms with Crippen molar-refractivity contribution in [3.63, 3.8) is 0 Å². The lowest BCUT2D eigenvalue weighted by molar-refractivity contribution is 0.0886. The van der Waals surface area contributed by atoms with Crippen LogP contribution in [0, 0.1) is 5.92 Å². The molecule has 1 rings (SSSR count). The molecule has 1 aromatic rings. The molecular weight excluding hydrogens is 218 g/mol. The van der Waals surface area contributed by atoms with Gasteiger partial charge in [0.25, 0.3) is 5.91 Å². The molecule has 0 aromatic heterocycles.